The highest BCUT2D eigenvalue weighted by Crippen LogP contribution is 2.23. The van der Waals surface area contributed by atoms with Crippen molar-refractivity contribution in [2.45, 2.75) is 12.6 Å². The Morgan fingerprint density at radius 3 is 2.60 bits per heavy atom. The van der Waals surface area contributed by atoms with Crippen molar-refractivity contribution in [3.63, 3.8) is 0 Å². The zero-order valence-electron chi connectivity index (χ0n) is 16.4. The van der Waals surface area contributed by atoms with E-state index < -0.39 is 6.04 Å². The number of rotatable bonds is 5. The van der Waals surface area contributed by atoms with Gasteiger partial charge >= 0.3 is 5.97 Å². The SMILES string of the molecule is COC(=O)C1CN(c2ccc(F)cc2)CCN1c1ncn(Cc2ccc(Cl)cc2)n1. The minimum atomic E-state index is -0.569. The molecule has 0 N–H and O–H groups in total. The molecule has 1 atom stereocenters. The smallest absolute Gasteiger partial charge is 0.330 e. The first-order valence-corrected chi connectivity index (χ1v) is 9.90. The number of halogens is 2. The monoisotopic (exact) mass is 429 g/mol. The fourth-order valence-electron chi connectivity index (χ4n) is 3.52. The van der Waals surface area contributed by atoms with E-state index in [1.165, 1.54) is 19.2 Å². The van der Waals surface area contributed by atoms with Crippen LogP contribution in [0.25, 0.3) is 0 Å². The van der Waals surface area contributed by atoms with E-state index >= 15 is 0 Å². The number of nitrogens with zero attached hydrogens (tertiary/aromatic N) is 5. The van der Waals surface area contributed by atoms with Crippen molar-refractivity contribution in [2.75, 3.05) is 36.5 Å². The summed E-state index contributed by atoms with van der Waals surface area (Å²) in [5.41, 5.74) is 1.90. The summed E-state index contributed by atoms with van der Waals surface area (Å²) in [6.07, 6.45) is 1.64. The van der Waals surface area contributed by atoms with Gasteiger partial charge in [0.05, 0.1) is 13.7 Å². The van der Waals surface area contributed by atoms with Crippen LogP contribution >= 0.6 is 11.6 Å². The van der Waals surface area contributed by atoms with E-state index in [9.17, 15) is 9.18 Å². The summed E-state index contributed by atoms with van der Waals surface area (Å²) in [4.78, 5) is 20.8. The summed E-state index contributed by atoms with van der Waals surface area (Å²) >= 11 is 5.94. The highest BCUT2D eigenvalue weighted by Gasteiger charge is 2.35. The van der Waals surface area contributed by atoms with Crippen LogP contribution in [0.3, 0.4) is 0 Å². The number of anilines is 2. The number of piperazine rings is 1. The Bertz CT molecular complexity index is 1010. The highest BCUT2D eigenvalue weighted by atomic mass is 35.5. The van der Waals surface area contributed by atoms with Crippen LogP contribution in [0, 0.1) is 5.82 Å². The summed E-state index contributed by atoms with van der Waals surface area (Å²) in [5.74, 6) is -0.189. The quantitative estimate of drug-likeness (QED) is 0.581. The molecular formula is C21H21ClFN5O2. The van der Waals surface area contributed by atoms with Crippen molar-refractivity contribution in [3.05, 3.63) is 71.3 Å². The second-order valence-electron chi connectivity index (χ2n) is 7.02. The van der Waals surface area contributed by atoms with Crippen molar-refractivity contribution >= 4 is 29.2 Å². The molecule has 2 heterocycles. The number of carbonyl (C=O) groups is 1. The number of hydrogen-bond acceptors (Lipinski definition) is 6. The Balaban J connectivity index is 1.51. The van der Waals surface area contributed by atoms with Crippen molar-refractivity contribution in [3.8, 4) is 0 Å². The Morgan fingerprint density at radius 2 is 1.90 bits per heavy atom. The van der Waals surface area contributed by atoms with Crippen LogP contribution in [0.4, 0.5) is 16.0 Å². The number of esters is 1. The van der Waals surface area contributed by atoms with Gasteiger partial charge in [0.2, 0.25) is 5.95 Å². The average molecular weight is 430 g/mol. The van der Waals surface area contributed by atoms with Gasteiger partial charge in [-0.05, 0) is 42.0 Å². The molecule has 7 nitrogen and oxygen atoms in total. The predicted molar refractivity (Wildman–Crippen MR) is 112 cm³/mol. The third-order valence-corrected chi connectivity index (χ3v) is 5.34. The average Bonchev–Trinajstić information content (AvgIpc) is 3.23. The van der Waals surface area contributed by atoms with Crippen molar-refractivity contribution in [1.82, 2.24) is 14.8 Å². The molecule has 1 fully saturated rings. The van der Waals surface area contributed by atoms with Gasteiger partial charge in [-0.15, -0.1) is 5.10 Å². The first-order valence-electron chi connectivity index (χ1n) is 9.52. The molecular weight excluding hydrogens is 409 g/mol. The molecule has 0 spiro atoms. The minimum absolute atomic E-state index is 0.294. The Labute approximate surface area is 178 Å². The van der Waals surface area contributed by atoms with Crippen molar-refractivity contribution < 1.29 is 13.9 Å². The molecule has 1 saturated heterocycles. The number of methoxy groups -OCH3 is 1. The number of benzene rings is 2. The molecule has 0 saturated carbocycles. The summed E-state index contributed by atoms with van der Waals surface area (Å²) in [7, 11) is 1.36. The fourth-order valence-corrected chi connectivity index (χ4v) is 3.64. The number of aromatic nitrogens is 3. The zero-order chi connectivity index (χ0) is 21.1. The van der Waals surface area contributed by atoms with Crippen LogP contribution in [0.15, 0.2) is 54.9 Å². The van der Waals surface area contributed by atoms with E-state index in [2.05, 4.69) is 10.1 Å². The number of hydrogen-bond donors (Lipinski definition) is 0. The molecule has 1 unspecified atom stereocenters. The molecule has 0 amide bonds. The second-order valence-corrected chi connectivity index (χ2v) is 7.46. The number of carbonyl (C=O) groups excluding carboxylic acids is 1. The third kappa shape index (κ3) is 4.38. The molecule has 0 bridgehead atoms. The number of ether oxygens (including phenoxy) is 1. The third-order valence-electron chi connectivity index (χ3n) is 5.08. The van der Waals surface area contributed by atoms with E-state index in [0.717, 1.165) is 11.3 Å². The van der Waals surface area contributed by atoms with Crippen LogP contribution in [-0.4, -0.2) is 53.5 Å². The second kappa shape index (κ2) is 8.71. The van der Waals surface area contributed by atoms with Gasteiger partial charge in [-0.3, -0.25) is 0 Å². The van der Waals surface area contributed by atoms with E-state index in [1.54, 1.807) is 23.1 Å². The van der Waals surface area contributed by atoms with Crippen LogP contribution in [-0.2, 0) is 16.1 Å². The molecule has 2 aromatic carbocycles. The van der Waals surface area contributed by atoms with Gasteiger partial charge in [-0.2, -0.15) is 0 Å². The van der Waals surface area contributed by atoms with E-state index in [1.807, 2.05) is 34.1 Å². The van der Waals surface area contributed by atoms with Crippen LogP contribution < -0.4 is 9.80 Å². The van der Waals surface area contributed by atoms with E-state index in [4.69, 9.17) is 16.3 Å². The van der Waals surface area contributed by atoms with Gasteiger partial charge in [-0.25, -0.2) is 18.9 Å². The van der Waals surface area contributed by atoms with Gasteiger partial charge in [0.15, 0.2) is 0 Å². The molecule has 156 valence electrons. The Morgan fingerprint density at radius 1 is 1.17 bits per heavy atom. The lowest BCUT2D eigenvalue weighted by Gasteiger charge is -2.40. The minimum Gasteiger partial charge on any atom is -0.467 e. The largest absolute Gasteiger partial charge is 0.467 e. The van der Waals surface area contributed by atoms with E-state index in [-0.39, 0.29) is 11.8 Å². The summed E-state index contributed by atoms with van der Waals surface area (Å²) < 4.78 is 20.0. The van der Waals surface area contributed by atoms with Gasteiger partial charge < -0.3 is 14.5 Å². The maximum Gasteiger partial charge on any atom is 0.330 e. The summed E-state index contributed by atoms with van der Waals surface area (Å²) in [5, 5.41) is 5.23. The molecule has 4 rings (SSSR count). The molecule has 1 aliphatic rings. The van der Waals surface area contributed by atoms with Gasteiger partial charge in [0, 0.05) is 30.3 Å². The maximum absolute atomic E-state index is 13.2. The van der Waals surface area contributed by atoms with Crippen LogP contribution in [0.5, 0.6) is 0 Å². The molecule has 1 aromatic heterocycles. The first kappa shape index (κ1) is 20.2. The van der Waals surface area contributed by atoms with Crippen LogP contribution in [0.1, 0.15) is 5.56 Å². The standard InChI is InChI=1S/C21H21ClFN5O2/c1-30-20(29)19-13-26(18-8-6-17(23)7-9-18)10-11-28(19)21-24-14-27(25-21)12-15-2-4-16(22)5-3-15/h2-9,14,19H,10-13H2,1H3. The first-order chi connectivity index (χ1) is 14.5. The van der Waals surface area contributed by atoms with Crippen molar-refractivity contribution in [2.24, 2.45) is 0 Å². The zero-order valence-corrected chi connectivity index (χ0v) is 17.2. The van der Waals surface area contributed by atoms with E-state index in [0.29, 0.717) is 37.1 Å². The fraction of sp³-hybridized carbons (Fsp3) is 0.286. The summed E-state index contributed by atoms with van der Waals surface area (Å²) in [6, 6.07) is 13.2. The predicted octanol–water partition coefficient (Wildman–Crippen LogP) is 2.99. The van der Waals surface area contributed by atoms with Gasteiger partial charge in [-0.1, -0.05) is 23.7 Å². The molecule has 0 radical (unpaired) electrons. The van der Waals surface area contributed by atoms with Crippen molar-refractivity contribution in [1.29, 1.82) is 0 Å². The Kier molecular flexibility index (Phi) is 5.85. The Hall–Kier alpha value is -3.13. The van der Waals surface area contributed by atoms with Gasteiger partial charge in [0.1, 0.15) is 18.2 Å². The normalized spacial score (nSPS) is 16.6. The molecule has 3 aromatic rings. The molecule has 30 heavy (non-hydrogen) atoms. The topological polar surface area (TPSA) is 63.5 Å². The van der Waals surface area contributed by atoms with Crippen LogP contribution in [0.2, 0.25) is 5.02 Å². The molecule has 0 aliphatic carbocycles. The van der Waals surface area contributed by atoms with Gasteiger partial charge in [0.25, 0.3) is 0 Å². The lowest BCUT2D eigenvalue weighted by molar-refractivity contribution is -0.142. The lowest BCUT2D eigenvalue weighted by Crippen LogP contribution is -2.57. The molecule has 1 aliphatic heterocycles. The highest BCUT2D eigenvalue weighted by molar-refractivity contribution is 6.30. The molecule has 9 heteroatoms. The summed E-state index contributed by atoms with van der Waals surface area (Å²) in [6.45, 7) is 2.11. The lowest BCUT2D eigenvalue weighted by atomic mass is 10.1. The maximum atomic E-state index is 13.2.